The summed E-state index contributed by atoms with van der Waals surface area (Å²) in [6.45, 7) is 9.65. The van der Waals surface area contributed by atoms with Crippen molar-refractivity contribution in [2.45, 2.75) is 99.2 Å². The number of morpholine rings is 1. The van der Waals surface area contributed by atoms with E-state index < -0.39 is 41.9 Å². The van der Waals surface area contributed by atoms with Crippen molar-refractivity contribution in [2.75, 3.05) is 46.0 Å². The Balaban J connectivity index is 0.00000135. The molecule has 43 heavy (non-hydrogen) atoms. The molecule has 12 nitrogen and oxygen atoms in total. The number of aliphatic hydroxyl groups is 3. The number of nitrogens with zero attached hydrogens (tertiary/aromatic N) is 1. The number of thioether (sulfide) groups is 1. The highest BCUT2D eigenvalue weighted by atomic mass is 32.2. The summed E-state index contributed by atoms with van der Waals surface area (Å²) in [6.07, 6.45) is 3.72. The summed E-state index contributed by atoms with van der Waals surface area (Å²) in [5.74, 6) is 1.38. The number of amides is 1. The Morgan fingerprint density at radius 3 is 2.53 bits per heavy atom. The van der Waals surface area contributed by atoms with E-state index in [1.807, 2.05) is 6.08 Å². The van der Waals surface area contributed by atoms with Crippen LogP contribution in [0.15, 0.2) is 12.2 Å². The lowest BCUT2D eigenvalue weighted by Crippen LogP contribution is -2.64. The number of hydrogen-bond donors (Lipinski definition) is 6. The molecule has 0 radical (unpaired) electrons. The van der Waals surface area contributed by atoms with Crippen LogP contribution in [0.25, 0.3) is 0 Å². The van der Waals surface area contributed by atoms with Gasteiger partial charge < -0.3 is 45.3 Å². The quantitative estimate of drug-likeness (QED) is 0.175. The van der Waals surface area contributed by atoms with Gasteiger partial charge in [0.05, 0.1) is 25.4 Å². The molecule has 0 spiro atoms. The van der Waals surface area contributed by atoms with E-state index in [9.17, 15) is 20.1 Å². The van der Waals surface area contributed by atoms with Gasteiger partial charge in [0.1, 0.15) is 35.9 Å². The maximum absolute atomic E-state index is 13.6. The van der Waals surface area contributed by atoms with Gasteiger partial charge in [-0.1, -0.05) is 26.0 Å². The van der Waals surface area contributed by atoms with E-state index in [-0.39, 0.29) is 23.7 Å². The molecule has 11 atom stereocenters. The number of ether oxygens (including phenoxy) is 3. The van der Waals surface area contributed by atoms with E-state index in [1.165, 1.54) is 18.2 Å². The second kappa shape index (κ2) is 16.9. The molecule has 246 valence electrons. The third-order valence-electron chi connectivity index (χ3n) is 9.13. The third-order valence-corrected chi connectivity index (χ3v) is 10.5. The Morgan fingerprint density at radius 1 is 1.09 bits per heavy atom. The summed E-state index contributed by atoms with van der Waals surface area (Å²) in [6, 6.07) is -1.03. The molecule has 13 heteroatoms. The van der Waals surface area contributed by atoms with Gasteiger partial charge in [0.25, 0.3) is 6.47 Å². The predicted octanol–water partition coefficient (Wildman–Crippen LogP) is 0.193. The molecule has 0 saturated carbocycles. The highest BCUT2D eigenvalue weighted by Gasteiger charge is 2.49. The number of aliphatic hydroxyl groups excluding tert-OH is 3. The zero-order chi connectivity index (χ0) is 30.9. The molecular weight excluding hydrogens is 578 g/mol. The number of carboxylic acid groups (broad SMARTS) is 1. The van der Waals surface area contributed by atoms with Crippen molar-refractivity contribution >= 4 is 24.1 Å². The lowest BCUT2D eigenvalue weighted by Gasteiger charge is -2.45. The fourth-order valence-electron chi connectivity index (χ4n) is 7.06. The predicted molar refractivity (Wildman–Crippen MR) is 162 cm³/mol. The van der Waals surface area contributed by atoms with E-state index in [1.54, 1.807) is 0 Å². The van der Waals surface area contributed by atoms with Crippen molar-refractivity contribution in [2.24, 2.45) is 17.8 Å². The van der Waals surface area contributed by atoms with Crippen LogP contribution >= 0.6 is 11.8 Å². The van der Waals surface area contributed by atoms with Crippen molar-refractivity contribution in [3.63, 3.8) is 0 Å². The Morgan fingerprint density at radius 2 is 1.81 bits per heavy atom. The van der Waals surface area contributed by atoms with Crippen molar-refractivity contribution in [1.29, 1.82) is 0 Å². The van der Waals surface area contributed by atoms with Crippen LogP contribution in [-0.2, 0) is 23.8 Å². The molecule has 0 aromatic heterocycles. The van der Waals surface area contributed by atoms with Crippen LogP contribution in [0.1, 0.15) is 46.0 Å². The largest absolute Gasteiger partial charge is 0.483 e. The Hall–Kier alpha value is -1.29. The Labute approximate surface area is 258 Å². The molecule has 0 aromatic rings. The average molecular weight is 630 g/mol. The fourth-order valence-corrected chi connectivity index (χ4v) is 8.48. The minimum Gasteiger partial charge on any atom is -0.483 e. The van der Waals surface area contributed by atoms with Gasteiger partial charge in [-0.15, -0.1) is 11.8 Å². The van der Waals surface area contributed by atoms with E-state index in [2.05, 4.69) is 35.5 Å². The number of carbonyl (C=O) groups excluding carboxylic acids is 1. The summed E-state index contributed by atoms with van der Waals surface area (Å²) < 4.78 is 18.0. The summed E-state index contributed by atoms with van der Waals surface area (Å²) >= 11 is 1.50. The van der Waals surface area contributed by atoms with Gasteiger partial charge in [-0.3, -0.25) is 14.5 Å². The number of allylic oxidation sites excluding steroid dienone is 1. The molecule has 5 aliphatic rings. The van der Waals surface area contributed by atoms with Crippen LogP contribution in [-0.4, -0.2) is 137 Å². The van der Waals surface area contributed by atoms with E-state index in [4.69, 9.17) is 24.1 Å². The maximum Gasteiger partial charge on any atom is 0.290 e. The second-order valence-corrected chi connectivity index (χ2v) is 14.2. The normalized spacial score (nSPS) is 41.2. The number of nitrogens with one attached hydrogen (secondary N) is 2. The Kier molecular flexibility index (Phi) is 13.6. The molecule has 4 saturated heterocycles. The van der Waals surface area contributed by atoms with Crippen molar-refractivity contribution in [3.05, 3.63) is 12.2 Å². The second-order valence-electron chi connectivity index (χ2n) is 12.8. The van der Waals surface area contributed by atoms with Crippen molar-refractivity contribution in [1.82, 2.24) is 15.5 Å². The van der Waals surface area contributed by atoms with Crippen LogP contribution in [0.4, 0.5) is 0 Å². The number of fused-ring (bicyclic) bond motifs is 3. The van der Waals surface area contributed by atoms with Gasteiger partial charge in [-0.2, -0.15) is 0 Å². The smallest absolute Gasteiger partial charge is 0.290 e. The van der Waals surface area contributed by atoms with Crippen LogP contribution in [0.3, 0.4) is 0 Å². The van der Waals surface area contributed by atoms with Gasteiger partial charge in [0.15, 0.2) is 0 Å². The molecule has 6 N–H and O–H groups in total. The summed E-state index contributed by atoms with van der Waals surface area (Å²) in [4.78, 5) is 24.3. The molecule has 2 bridgehead atoms. The molecule has 1 amide bonds. The third kappa shape index (κ3) is 9.36. The molecule has 5 heterocycles. The van der Waals surface area contributed by atoms with E-state index in [0.717, 1.165) is 45.4 Å². The lowest BCUT2D eigenvalue weighted by molar-refractivity contribution is -0.205. The zero-order valence-corrected chi connectivity index (χ0v) is 26.1. The first-order valence-electron chi connectivity index (χ1n) is 15.7. The highest BCUT2D eigenvalue weighted by Crippen LogP contribution is 2.36. The lowest BCUT2D eigenvalue weighted by atomic mass is 9.85. The van der Waals surface area contributed by atoms with E-state index in [0.29, 0.717) is 44.0 Å². The standard InChI is InChI=1S/C29H49N3O7S.CH2O2/c1-17(2)13-18-7-10-38-26-19(14-18)15-30-22(26)28(36)31-21-6-4-3-5-20(16-32-8-11-37-12-9-32)40-29-25(35)23(33)24(34)27(21)39-29;2-1-3/h3-4,17-27,29-30,33-35H,5-16H2,1-2H3,(H,31,36);1H,(H,2,3)/b4-3-;/t18-,19-,20+,21+,22-,23-,24+,25+,26+,27+,29+;/m0./s1. The van der Waals surface area contributed by atoms with Gasteiger partial charge in [0, 0.05) is 38.0 Å². The summed E-state index contributed by atoms with van der Waals surface area (Å²) in [5.41, 5.74) is -0.711. The topological polar surface area (TPSA) is 170 Å². The number of rotatable bonds is 6. The maximum atomic E-state index is 13.6. The SMILES string of the molecule is CC(C)C[C@@H]1CCO[C@@H]2[C@H](CN[C@@H]2C(=O)N[C@@H]2C/C=C\C[C@H](CN3CCOCC3)S[C@H]3O[C@H]2[C@H](O)[C@H](O)[C@H]3O)C1.O=CO. The van der Waals surface area contributed by atoms with Crippen molar-refractivity contribution < 1.29 is 44.2 Å². The highest BCUT2D eigenvalue weighted by molar-refractivity contribution is 8.00. The molecular formula is C30H51N3O9S. The average Bonchev–Trinajstić information content (AvgIpc) is 3.27. The van der Waals surface area contributed by atoms with Gasteiger partial charge in [-0.25, -0.2) is 0 Å². The summed E-state index contributed by atoms with van der Waals surface area (Å²) in [5, 5.41) is 46.1. The molecule has 0 aliphatic carbocycles. The van der Waals surface area contributed by atoms with Crippen LogP contribution in [0.2, 0.25) is 0 Å². The minimum absolute atomic E-state index is 0.148. The fraction of sp³-hybridized carbons (Fsp3) is 0.867. The van der Waals surface area contributed by atoms with E-state index >= 15 is 0 Å². The van der Waals surface area contributed by atoms with Gasteiger partial charge in [-0.05, 0) is 49.9 Å². The molecule has 5 rings (SSSR count). The molecule has 0 unspecified atom stereocenters. The molecule has 4 fully saturated rings. The minimum atomic E-state index is -1.36. The monoisotopic (exact) mass is 629 g/mol. The van der Waals surface area contributed by atoms with Crippen LogP contribution in [0, 0.1) is 17.8 Å². The van der Waals surface area contributed by atoms with Crippen LogP contribution in [0.5, 0.6) is 0 Å². The first-order valence-corrected chi connectivity index (χ1v) is 16.7. The van der Waals surface area contributed by atoms with Gasteiger partial charge >= 0.3 is 0 Å². The summed E-state index contributed by atoms with van der Waals surface area (Å²) in [7, 11) is 0. The van der Waals surface area contributed by atoms with Crippen molar-refractivity contribution in [3.8, 4) is 0 Å². The zero-order valence-electron chi connectivity index (χ0n) is 25.3. The Bertz CT molecular complexity index is 908. The molecule has 0 aromatic carbocycles. The first-order chi connectivity index (χ1) is 20.7. The number of hydrogen-bond acceptors (Lipinski definition) is 11. The van der Waals surface area contributed by atoms with Gasteiger partial charge in [0.2, 0.25) is 5.91 Å². The first kappa shape index (κ1) is 34.6. The number of carbonyl (C=O) groups is 2. The van der Waals surface area contributed by atoms with Crippen LogP contribution < -0.4 is 10.6 Å². The molecule has 5 aliphatic heterocycles.